The molecule has 2 atom stereocenters. The number of rotatable bonds is 12. The molecule has 0 saturated carbocycles. The van der Waals surface area contributed by atoms with E-state index in [1.165, 1.54) is 16.0 Å². The molecule has 0 aliphatic heterocycles. The molecule has 0 spiro atoms. The van der Waals surface area contributed by atoms with Crippen molar-refractivity contribution in [3.8, 4) is 5.75 Å². The van der Waals surface area contributed by atoms with Crippen LogP contribution >= 0.6 is 0 Å². The van der Waals surface area contributed by atoms with Gasteiger partial charge in [-0.1, -0.05) is 67.6 Å². The van der Waals surface area contributed by atoms with Gasteiger partial charge in [-0.25, -0.2) is 0 Å². The zero-order valence-electron chi connectivity index (χ0n) is 18.2. The van der Waals surface area contributed by atoms with Crippen molar-refractivity contribution in [2.75, 3.05) is 19.7 Å². The molecule has 0 saturated heterocycles. The van der Waals surface area contributed by atoms with Crippen LogP contribution in [0.25, 0.3) is 0 Å². The van der Waals surface area contributed by atoms with Crippen LogP contribution in [0.1, 0.15) is 34.8 Å². The van der Waals surface area contributed by atoms with E-state index in [-0.39, 0.29) is 12.4 Å². The number of carbonyl (C=O) groups is 1. The molecule has 0 fully saturated rings. The van der Waals surface area contributed by atoms with Crippen molar-refractivity contribution in [1.82, 2.24) is 0 Å². The fourth-order valence-electron chi connectivity index (χ4n) is 3.64. The second kappa shape index (κ2) is 12.0. The molecule has 0 aliphatic carbocycles. The van der Waals surface area contributed by atoms with E-state index in [4.69, 9.17) is 4.74 Å². The molecule has 4 nitrogen and oxygen atoms in total. The van der Waals surface area contributed by atoms with Gasteiger partial charge < -0.3 is 14.7 Å². The van der Waals surface area contributed by atoms with E-state index >= 15 is 0 Å². The summed E-state index contributed by atoms with van der Waals surface area (Å²) in [7, 11) is 0. The highest BCUT2D eigenvalue weighted by Crippen LogP contribution is 2.13. The first kappa shape index (κ1) is 22.7. The molecule has 0 aliphatic rings. The van der Waals surface area contributed by atoms with E-state index in [1.54, 1.807) is 24.3 Å². The van der Waals surface area contributed by atoms with Crippen LogP contribution in [0.2, 0.25) is 0 Å². The number of nitrogens with one attached hydrogen (secondary N) is 1. The number of Topliss-reactive ketones (excluding diaryl/α,β-unsaturated/α-hetero) is 1. The lowest BCUT2D eigenvalue weighted by Crippen LogP contribution is -3.12. The monoisotopic (exact) mass is 418 g/mol. The fraction of sp³-hybridized carbons (Fsp3) is 0.296. The molecule has 31 heavy (non-hydrogen) atoms. The second-order valence-corrected chi connectivity index (χ2v) is 7.87. The van der Waals surface area contributed by atoms with Crippen LogP contribution in [0.15, 0.2) is 84.9 Å². The number of carbonyl (C=O) groups excluding carboxylic acids is 1. The molecule has 3 aromatic carbocycles. The van der Waals surface area contributed by atoms with E-state index in [9.17, 15) is 9.90 Å². The summed E-state index contributed by atoms with van der Waals surface area (Å²) >= 11 is 0. The normalized spacial score (nSPS) is 12.8. The van der Waals surface area contributed by atoms with Crippen molar-refractivity contribution in [2.45, 2.75) is 32.4 Å². The average molecular weight is 419 g/mol. The highest BCUT2D eigenvalue weighted by Gasteiger charge is 2.17. The standard InChI is InChI=1S/C27H31NO3/c1-2-27(30)24-13-15-26(16-14-24)31-21-25(29)20-28(19-23-11-7-4-8-12-23)18-17-22-9-5-3-6-10-22/h3-16,25,29H,2,17-21H2,1H3/p+1/t25-/m1/s1. The van der Waals surface area contributed by atoms with Gasteiger partial charge in [-0.15, -0.1) is 0 Å². The van der Waals surface area contributed by atoms with Crippen molar-refractivity contribution in [1.29, 1.82) is 0 Å². The Kier molecular flexibility index (Phi) is 8.83. The van der Waals surface area contributed by atoms with Gasteiger partial charge in [0.05, 0.1) is 6.54 Å². The lowest BCUT2D eigenvalue weighted by molar-refractivity contribution is -0.916. The lowest BCUT2D eigenvalue weighted by Gasteiger charge is -2.23. The van der Waals surface area contributed by atoms with Gasteiger partial charge in [0, 0.05) is 24.0 Å². The maximum atomic E-state index is 11.7. The quantitative estimate of drug-likeness (QED) is 0.444. The maximum Gasteiger partial charge on any atom is 0.162 e. The maximum absolute atomic E-state index is 11.7. The number of aliphatic hydroxyl groups excluding tert-OH is 1. The number of ether oxygens (including phenoxy) is 1. The third kappa shape index (κ3) is 7.67. The summed E-state index contributed by atoms with van der Waals surface area (Å²) in [6.45, 7) is 4.48. The molecule has 0 aromatic heterocycles. The first-order chi connectivity index (χ1) is 15.1. The molecule has 162 valence electrons. The predicted molar refractivity (Wildman–Crippen MR) is 124 cm³/mol. The lowest BCUT2D eigenvalue weighted by atomic mass is 10.1. The number of hydrogen-bond acceptors (Lipinski definition) is 3. The minimum absolute atomic E-state index is 0.116. The summed E-state index contributed by atoms with van der Waals surface area (Å²) in [5, 5.41) is 10.6. The number of aliphatic hydroxyl groups is 1. The summed E-state index contributed by atoms with van der Waals surface area (Å²) in [6, 6.07) is 28.0. The Hall–Kier alpha value is -2.95. The number of hydrogen-bond donors (Lipinski definition) is 2. The van der Waals surface area contributed by atoms with Crippen molar-refractivity contribution >= 4 is 5.78 Å². The van der Waals surface area contributed by atoms with Gasteiger partial charge in [0.25, 0.3) is 0 Å². The Labute approximate surface area is 185 Å². The van der Waals surface area contributed by atoms with Gasteiger partial charge in [-0.3, -0.25) is 4.79 Å². The minimum atomic E-state index is -0.577. The summed E-state index contributed by atoms with van der Waals surface area (Å²) in [5.74, 6) is 0.783. The van der Waals surface area contributed by atoms with E-state index in [1.807, 2.05) is 19.1 Å². The topological polar surface area (TPSA) is 51.0 Å². The van der Waals surface area contributed by atoms with Crippen LogP contribution in [0, 0.1) is 0 Å². The van der Waals surface area contributed by atoms with Crippen LogP contribution in [-0.4, -0.2) is 36.7 Å². The summed E-state index contributed by atoms with van der Waals surface area (Å²) < 4.78 is 5.78. The Morgan fingerprint density at radius 2 is 1.52 bits per heavy atom. The van der Waals surface area contributed by atoms with Gasteiger partial charge >= 0.3 is 0 Å². The minimum Gasteiger partial charge on any atom is -0.491 e. The molecule has 4 heteroatoms. The summed E-state index contributed by atoms with van der Waals surface area (Å²) in [4.78, 5) is 13.1. The van der Waals surface area contributed by atoms with Gasteiger partial charge in [0.15, 0.2) is 5.78 Å². The number of ketones is 1. The predicted octanol–water partition coefficient (Wildman–Crippen LogP) is 3.35. The van der Waals surface area contributed by atoms with Crippen molar-refractivity contribution in [3.63, 3.8) is 0 Å². The van der Waals surface area contributed by atoms with E-state index in [2.05, 4.69) is 48.5 Å². The summed E-state index contributed by atoms with van der Waals surface area (Å²) in [5.41, 5.74) is 3.25. The molecule has 3 rings (SSSR count). The Morgan fingerprint density at radius 1 is 0.903 bits per heavy atom. The van der Waals surface area contributed by atoms with Crippen LogP contribution in [0.4, 0.5) is 0 Å². The molecule has 0 amide bonds. The van der Waals surface area contributed by atoms with Crippen molar-refractivity contribution in [3.05, 3.63) is 102 Å². The zero-order chi connectivity index (χ0) is 21.9. The highest BCUT2D eigenvalue weighted by atomic mass is 16.5. The fourth-order valence-corrected chi connectivity index (χ4v) is 3.64. The highest BCUT2D eigenvalue weighted by molar-refractivity contribution is 5.95. The molecule has 3 aromatic rings. The molecular formula is C27H32NO3+. The Bertz CT molecular complexity index is 910. The van der Waals surface area contributed by atoms with E-state index < -0.39 is 6.10 Å². The third-order valence-electron chi connectivity index (χ3n) is 5.37. The van der Waals surface area contributed by atoms with Crippen molar-refractivity contribution in [2.24, 2.45) is 0 Å². The molecule has 0 bridgehead atoms. The van der Waals surface area contributed by atoms with Gasteiger partial charge in [-0.2, -0.15) is 0 Å². The third-order valence-corrected chi connectivity index (χ3v) is 5.37. The average Bonchev–Trinajstić information content (AvgIpc) is 2.82. The van der Waals surface area contributed by atoms with Crippen LogP contribution < -0.4 is 9.64 Å². The van der Waals surface area contributed by atoms with Crippen LogP contribution in [0.3, 0.4) is 0 Å². The Morgan fingerprint density at radius 3 is 2.13 bits per heavy atom. The first-order valence-electron chi connectivity index (χ1n) is 11.0. The number of quaternary nitrogens is 1. The largest absolute Gasteiger partial charge is 0.491 e. The van der Waals surface area contributed by atoms with Crippen LogP contribution in [-0.2, 0) is 13.0 Å². The van der Waals surface area contributed by atoms with Crippen molar-refractivity contribution < 1.29 is 19.5 Å². The first-order valence-corrected chi connectivity index (χ1v) is 11.0. The number of benzene rings is 3. The molecule has 0 heterocycles. The molecular weight excluding hydrogens is 386 g/mol. The van der Waals surface area contributed by atoms with Gasteiger partial charge in [0.2, 0.25) is 0 Å². The molecule has 0 radical (unpaired) electrons. The molecule has 1 unspecified atom stereocenters. The van der Waals surface area contributed by atoms with Gasteiger partial charge in [0.1, 0.15) is 31.5 Å². The summed E-state index contributed by atoms with van der Waals surface area (Å²) in [6.07, 6.45) is 0.872. The van der Waals surface area contributed by atoms with E-state index in [0.29, 0.717) is 24.3 Å². The smallest absolute Gasteiger partial charge is 0.162 e. The zero-order valence-corrected chi connectivity index (χ0v) is 18.2. The molecule has 2 N–H and O–H groups in total. The van der Waals surface area contributed by atoms with E-state index in [0.717, 1.165) is 19.5 Å². The SMILES string of the molecule is CCC(=O)c1ccc(OC[C@H](O)C[NH+](CCc2ccccc2)Cc2ccccc2)cc1. The second-order valence-electron chi connectivity index (χ2n) is 7.87. The Balaban J connectivity index is 1.55. The van der Waals surface area contributed by atoms with Crippen LogP contribution in [0.5, 0.6) is 5.75 Å². The van der Waals surface area contributed by atoms with Gasteiger partial charge in [-0.05, 0) is 29.8 Å².